The summed E-state index contributed by atoms with van der Waals surface area (Å²) in [4.78, 5) is 14.4. The molecule has 2 aliphatic rings. The number of hydrogen-bond donors (Lipinski definition) is 0. The molecule has 1 aromatic carbocycles. The second-order valence-corrected chi connectivity index (χ2v) is 10.4. The third-order valence-electron chi connectivity index (χ3n) is 5.58. The predicted molar refractivity (Wildman–Crippen MR) is 121 cm³/mol. The van der Waals surface area contributed by atoms with Crippen molar-refractivity contribution in [3.8, 4) is 0 Å². The summed E-state index contributed by atoms with van der Waals surface area (Å²) in [6.07, 6.45) is 5.99. The quantitative estimate of drug-likeness (QED) is 0.613. The van der Waals surface area contributed by atoms with Crippen molar-refractivity contribution in [2.24, 2.45) is 0 Å². The zero-order valence-corrected chi connectivity index (χ0v) is 19.0. The SMILES string of the molecule is O=C(CSc1nnc2n1CCCCC2)N1CCN(S(=O)(=O)C=Cc2ccccc2)CC1. The number of aryl methyl sites for hydroxylation is 1. The van der Waals surface area contributed by atoms with Crippen LogP contribution in [0.4, 0.5) is 0 Å². The Labute approximate surface area is 187 Å². The number of carbonyl (C=O) groups excluding carboxylic acids is 1. The van der Waals surface area contributed by atoms with E-state index in [0.717, 1.165) is 42.4 Å². The van der Waals surface area contributed by atoms with Gasteiger partial charge in [-0.1, -0.05) is 48.5 Å². The van der Waals surface area contributed by atoms with Crippen LogP contribution in [0.15, 0.2) is 40.9 Å². The van der Waals surface area contributed by atoms with Gasteiger partial charge >= 0.3 is 0 Å². The van der Waals surface area contributed by atoms with Crippen molar-refractivity contribution in [2.45, 2.75) is 37.4 Å². The summed E-state index contributed by atoms with van der Waals surface area (Å²) in [7, 11) is -3.50. The predicted octanol–water partition coefficient (Wildman–Crippen LogP) is 2.24. The van der Waals surface area contributed by atoms with E-state index in [9.17, 15) is 13.2 Å². The first-order valence-corrected chi connectivity index (χ1v) is 13.1. The normalized spacial score (nSPS) is 18.1. The Morgan fingerprint density at radius 2 is 1.77 bits per heavy atom. The molecule has 8 nitrogen and oxygen atoms in total. The number of rotatable bonds is 6. The molecule has 0 unspecified atom stereocenters. The molecule has 0 atom stereocenters. The lowest BCUT2D eigenvalue weighted by atomic mass is 10.2. The van der Waals surface area contributed by atoms with Gasteiger partial charge < -0.3 is 9.47 Å². The van der Waals surface area contributed by atoms with Crippen LogP contribution in [-0.2, 0) is 27.8 Å². The van der Waals surface area contributed by atoms with Crippen LogP contribution in [0.1, 0.15) is 30.7 Å². The number of sulfonamides is 1. The number of thioether (sulfide) groups is 1. The minimum absolute atomic E-state index is 0.00727. The van der Waals surface area contributed by atoms with Crippen LogP contribution in [0.5, 0.6) is 0 Å². The lowest BCUT2D eigenvalue weighted by molar-refractivity contribution is -0.129. The van der Waals surface area contributed by atoms with Crippen LogP contribution in [0, 0.1) is 0 Å². The molecule has 3 heterocycles. The van der Waals surface area contributed by atoms with Gasteiger partial charge in [-0.05, 0) is 24.5 Å². The van der Waals surface area contributed by atoms with Crippen LogP contribution in [-0.4, -0.2) is 70.2 Å². The summed E-state index contributed by atoms with van der Waals surface area (Å²) < 4.78 is 28.8. The molecule has 0 bridgehead atoms. The Kier molecular flexibility index (Phi) is 7.09. The number of amides is 1. The van der Waals surface area contributed by atoms with Gasteiger partial charge in [0, 0.05) is 44.6 Å². The first kappa shape index (κ1) is 22.0. The third kappa shape index (κ3) is 5.55. The first-order valence-electron chi connectivity index (χ1n) is 10.6. The van der Waals surface area contributed by atoms with Gasteiger partial charge in [-0.25, -0.2) is 8.42 Å². The Bertz CT molecular complexity index is 1030. The molecule has 2 aliphatic heterocycles. The van der Waals surface area contributed by atoms with Crippen molar-refractivity contribution in [2.75, 3.05) is 31.9 Å². The molecule has 10 heteroatoms. The van der Waals surface area contributed by atoms with Gasteiger partial charge in [-0.2, -0.15) is 4.31 Å². The molecule has 2 aromatic rings. The molecule has 0 aliphatic carbocycles. The molecular weight excluding hydrogens is 434 g/mol. The van der Waals surface area contributed by atoms with Gasteiger partial charge in [0.2, 0.25) is 15.9 Å². The van der Waals surface area contributed by atoms with Crippen LogP contribution < -0.4 is 0 Å². The van der Waals surface area contributed by atoms with Crippen LogP contribution in [0.25, 0.3) is 6.08 Å². The molecule has 0 radical (unpaired) electrons. The van der Waals surface area contributed by atoms with E-state index in [2.05, 4.69) is 14.8 Å². The molecule has 0 saturated carbocycles. The van der Waals surface area contributed by atoms with Gasteiger partial charge in [-0.3, -0.25) is 4.79 Å². The van der Waals surface area contributed by atoms with Crippen molar-refractivity contribution in [1.29, 1.82) is 0 Å². The summed E-state index contributed by atoms with van der Waals surface area (Å²) in [5.41, 5.74) is 0.836. The molecule has 31 heavy (non-hydrogen) atoms. The third-order valence-corrected chi connectivity index (χ3v) is 8.10. The van der Waals surface area contributed by atoms with Gasteiger partial charge in [0.05, 0.1) is 5.75 Å². The molecule has 0 spiro atoms. The highest BCUT2D eigenvalue weighted by atomic mass is 32.2. The lowest BCUT2D eigenvalue weighted by Gasteiger charge is -2.33. The van der Waals surface area contributed by atoms with Crippen molar-refractivity contribution >= 4 is 33.8 Å². The van der Waals surface area contributed by atoms with E-state index in [1.54, 1.807) is 11.0 Å². The monoisotopic (exact) mass is 461 g/mol. The first-order chi connectivity index (χ1) is 15.0. The van der Waals surface area contributed by atoms with Crippen LogP contribution in [0.3, 0.4) is 0 Å². The number of fused-ring (bicyclic) bond motifs is 1. The highest BCUT2D eigenvalue weighted by Crippen LogP contribution is 2.22. The second kappa shape index (κ2) is 9.97. The zero-order valence-electron chi connectivity index (χ0n) is 17.4. The van der Waals surface area contributed by atoms with Crippen molar-refractivity contribution in [3.05, 3.63) is 47.1 Å². The number of piperazine rings is 1. The van der Waals surface area contributed by atoms with E-state index in [0.29, 0.717) is 31.9 Å². The maximum Gasteiger partial charge on any atom is 0.236 e. The van der Waals surface area contributed by atoms with E-state index >= 15 is 0 Å². The largest absolute Gasteiger partial charge is 0.339 e. The maximum absolute atomic E-state index is 12.7. The smallest absolute Gasteiger partial charge is 0.236 e. The average molecular weight is 462 g/mol. The van der Waals surface area contributed by atoms with E-state index < -0.39 is 10.0 Å². The van der Waals surface area contributed by atoms with Crippen molar-refractivity contribution in [3.63, 3.8) is 0 Å². The molecule has 4 rings (SSSR count). The molecule has 1 amide bonds. The van der Waals surface area contributed by atoms with Gasteiger partial charge in [0.1, 0.15) is 5.82 Å². The Hall–Kier alpha value is -2.17. The van der Waals surface area contributed by atoms with E-state index in [1.165, 1.54) is 27.9 Å². The van der Waals surface area contributed by atoms with E-state index in [4.69, 9.17) is 0 Å². The number of nitrogens with zero attached hydrogens (tertiary/aromatic N) is 5. The molecule has 0 N–H and O–H groups in total. The van der Waals surface area contributed by atoms with Crippen molar-refractivity contribution in [1.82, 2.24) is 24.0 Å². The maximum atomic E-state index is 12.7. The number of carbonyl (C=O) groups is 1. The summed E-state index contributed by atoms with van der Waals surface area (Å²) in [6.45, 7) is 2.31. The lowest BCUT2D eigenvalue weighted by Crippen LogP contribution is -2.50. The van der Waals surface area contributed by atoms with Crippen LogP contribution >= 0.6 is 11.8 Å². The van der Waals surface area contributed by atoms with Gasteiger partial charge in [0.25, 0.3) is 0 Å². The summed E-state index contributed by atoms with van der Waals surface area (Å²) in [5.74, 6) is 1.31. The second-order valence-electron chi connectivity index (χ2n) is 7.69. The summed E-state index contributed by atoms with van der Waals surface area (Å²) >= 11 is 1.42. The molecular formula is C21H27N5O3S2. The Balaban J connectivity index is 1.28. The number of benzene rings is 1. The number of hydrogen-bond acceptors (Lipinski definition) is 6. The minimum atomic E-state index is -3.50. The molecule has 1 aromatic heterocycles. The Morgan fingerprint density at radius 3 is 2.55 bits per heavy atom. The van der Waals surface area contributed by atoms with Crippen molar-refractivity contribution < 1.29 is 13.2 Å². The fourth-order valence-corrected chi connectivity index (χ4v) is 5.85. The highest BCUT2D eigenvalue weighted by molar-refractivity contribution is 7.99. The van der Waals surface area contributed by atoms with E-state index in [-0.39, 0.29) is 5.91 Å². The highest BCUT2D eigenvalue weighted by Gasteiger charge is 2.27. The standard InChI is InChI=1S/C21H27N5O3S2/c27-20(17-30-21-23-22-19-9-5-2-6-11-26(19)21)24-12-14-25(15-13-24)31(28,29)16-10-18-7-3-1-4-8-18/h1,3-4,7-8,10,16H,2,5-6,9,11-15,17H2. The minimum Gasteiger partial charge on any atom is -0.339 e. The molecule has 1 fully saturated rings. The average Bonchev–Trinajstić information content (AvgIpc) is 3.02. The fourth-order valence-electron chi connectivity index (χ4n) is 3.79. The molecule has 166 valence electrons. The zero-order chi connectivity index (χ0) is 21.7. The summed E-state index contributed by atoms with van der Waals surface area (Å²) in [6, 6.07) is 9.33. The van der Waals surface area contributed by atoms with Crippen LogP contribution in [0.2, 0.25) is 0 Å². The number of aromatic nitrogens is 3. The Morgan fingerprint density at radius 1 is 1.00 bits per heavy atom. The molecule has 1 saturated heterocycles. The summed E-state index contributed by atoms with van der Waals surface area (Å²) in [5, 5.41) is 10.6. The topological polar surface area (TPSA) is 88.4 Å². The van der Waals surface area contributed by atoms with E-state index in [1.807, 2.05) is 30.3 Å². The van der Waals surface area contributed by atoms with Gasteiger partial charge in [-0.15, -0.1) is 10.2 Å². The fraction of sp³-hybridized carbons (Fsp3) is 0.476. The van der Waals surface area contributed by atoms with Gasteiger partial charge in [0.15, 0.2) is 5.16 Å².